The minimum atomic E-state index is -0.602. The maximum atomic E-state index is 12.7. The van der Waals surface area contributed by atoms with Gasteiger partial charge in [-0.3, -0.25) is 25.0 Å². The number of aromatic nitrogens is 12. The van der Waals surface area contributed by atoms with Crippen molar-refractivity contribution >= 4 is 56.9 Å². The Bertz CT molecular complexity index is 3120. The van der Waals surface area contributed by atoms with Crippen LogP contribution in [0.1, 0.15) is 145 Å². The van der Waals surface area contributed by atoms with Crippen molar-refractivity contribution in [3.05, 3.63) is 119 Å². The van der Waals surface area contributed by atoms with Crippen molar-refractivity contribution in [3.63, 3.8) is 0 Å². The quantitative estimate of drug-likeness (QED) is 0.0732. The number of imidazole rings is 1. The number of amides is 1. The SMILES string of the molecule is CC(C)(C)c1ncc([N+](=O)[O-])c(Cl)n1.COc1nc(C(C)(C)C)ncc1Cc1ncc(C(C)NC(=O)c2cc3c(cn2)ncn3C)s1.COc1nc(C(C)(C)C)ncc1N.COc1nc(C(C)(C)C)ncc1[N+](=O)[O-]. The zero-order valence-corrected chi connectivity index (χ0v) is 46.9. The lowest BCUT2D eigenvalue weighted by Gasteiger charge is -2.17. The number of nitrogens with two attached hydrogens (primary N) is 1. The second-order valence-electron chi connectivity index (χ2n) is 20.8. The third-order valence-corrected chi connectivity index (χ3v) is 11.7. The lowest BCUT2D eigenvalue weighted by atomic mass is 9.95. The molecule has 1 atom stereocenters. The van der Waals surface area contributed by atoms with Crippen LogP contribution in [0.25, 0.3) is 11.0 Å². The summed E-state index contributed by atoms with van der Waals surface area (Å²) in [4.78, 5) is 79.7. The number of nitrogen functional groups attached to an aromatic ring is 1. The first-order valence-corrected chi connectivity index (χ1v) is 24.3. The fourth-order valence-corrected chi connectivity index (χ4v) is 7.20. The van der Waals surface area contributed by atoms with Gasteiger partial charge >= 0.3 is 11.4 Å². The Balaban J connectivity index is 0.000000241. The molecule has 24 nitrogen and oxygen atoms in total. The first kappa shape index (κ1) is 59.9. The van der Waals surface area contributed by atoms with Gasteiger partial charge in [-0.05, 0) is 13.0 Å². The van der Waals surface area contributed by atoms with Crippen LogP contribution in [-0.4, -0.2) is 96.5 Å². The molecule has 26 heteroatoms. The average Bonchev–Trinajstić information content (AvgIpc) is 3.96. The number of hydrogen-bond donors (Lipinski definition) is 2. The number of nitrogens with zero attached hydrogens (tertiary/aromatic N) is 14. The Morgan fingerprint density at radius 1 is 0.680 bits per heavy atom. The molecule has 75 heavy (non-hydrogen) atoms. The summed E-state index contributed by atoms with van der Waals surface area (Å²) in [5.74, 6) is 3.24. The Kier molecular flexibility index (Phi) is 19.6. The fourth-order valence-electron chi connectivity index (χ4n) is 6.05. The van der Waals surface area contributed by atoms with Gasteiger partial charge in [-0.15, -0.1) is 11.3 Å². The molecule has 7 heterocycles. The summed E-state index contributed by atoms with van der Waals surface area (Å²) in [7, 11) is 6.39. The Morgan fingerprint density at radius 3 is 1.67 bits per heavy atom. The first-order chi connectivity index (χ1) is 34.8. The number of fused-ring (bicyclic) bond motifs is 1. The minimum absolute atomic E-state index is 0.0000694. The predicted molar refractivity (Wildman–Crippen MR) is 285 cm³/mol. The third kappa shape index (κ3) is 16.4. The van der Waals surface area contributed by atoms with Gasteiger partial charge in [0.15, 0.2) is 0 Å². The van der Waals surface area contributed by atoms with E-state index >= 15 is 0 Å². The average molecular weight is 1070 g/mol. The number of anilines is 1. The van der Waals surface area contributed by atoms with E-state index in [0.29, 0.717) is 41.2 Å². The lowest BCUT2D eigenvalue weighted by Crippen LogP contribution is -2.26. The molecule has 0 aliphatic carbocycles. The molecule has 0 saturated heterocycles. The molecule has 0 aliphatic rings. The molecule has 7 rings (SSSR count). The summed E-state index contributed by atoms with van der Waals surface area (Å²) < 4.78 is 17.2. The number of methoxy groups -OCH3 is 3. The van der Waals surface area contributed by atoms with E-state index in [1.54, 1.807) is 51.4 Å². The van der Waals surface area contributed by atoms with E-state index in [-0.39, 0.29) is 56.0 Å². The maximum Gasteiger partial charge on any atom is 0.349 e. The first-order valence-electron chi connectivity index (χ1n) is 23.1. The number of hydrogen-bond acceptors (Lipinski definition) is 21. The number of ether oxygens (including phenoxy) is 3. The highest BCUT2D eigenvalue weighted by Gasteiger charge is 2.26. The standard InChI is InChI=1S/C23H27N7O2S.C9H13N3O3.C9H15N3O.C8H10ClN3O2/c1-13(28-20(31)15-8-17-16(10-24-15)27-12-30(17)5)18-11-25-19(33-18)7-14-9-26-22(23(2,3)4)29-21(14)32-6;1-9(2,3)8-10-5-6(12(13)14)7(11-8)15-4;1-9(2,3)8-11-5-6(10)7(12-8)13-4;1-8(2,3)7-10-4-5(12(13)14)6(9)11-7/h8-13H,7H2,1-6H3,(H,28,31);5H,1-4H3;5H,10H2,1-4H3;4H,1-3H3. The minimum Gasteiger partial charge on any atom is -0.481 e. The molecule has 0 bridgehead atoms. The van der Waals surface area contributed by atoms with Crippen LogP contribution in [0.15, 0.2) is 49.6 Å². The molecule has 0 fully saturated rings. The van der Waals surface area contributed by atoms with Crippen molar-refractivity contribution in [2.24, 2.45) is 7.05 Å². The van der Waals surface area contributed by atoms with E-state index in [2.05, 4.69) is 80.9 Å². The van der Waals surface area contributed by atoms with E-state index in [4.69, 9.17) is 31.5 Å². The number of aryl methyl sites for hydroxylation is 1. The van der Waals surface area contributed by atoms with Crippen molar-refractivity contribution in [1.29, 1.82) is 0 Å². The van der Waals surface area contributed by atoms with Gasteiger partial charge in [-0.2, -0.15) is 15.0 Å². The molecule has 0 aromatic carbocycles. The fraction of sp³-hybridized carbons (Fsp3) is 0.469. The van der Waals surface area contributed by atoms with Gasteiger partial charge < -0.3 is 29.8 Å². The van der Waals surface area contributed by atoms with E-state index in [9.17, 15) is 25.0 Å². The number of nitrogens with one attached hydrogen (secondary N) is 1. The van der Waals surface area contributed by atoms with Gasteiger partial charge in [-0.1, -0.05) is 94.7 Å². The summed E-state index contributed by atoms with van der Waals surface area (Å²) in [6.45, 7) is 25.7. The molecule has 0 spiro atoms. The molecule has 7 aromatic rings. The smallest absolute Gasteiger partial charge is 0.349 e. The van der Waals surface area contributed by atoms with E-state index in [1.807, 2.05) is 80.9 Å². The molecule has 0 aliphatic heterocycles. The van der Waals surface area contributed by atoms with Crippen LogP contribution in [0.2, 0.25) is 5.15 Å². The van der Waals surface area contributed by atoms with Crippen LogP contribution < -0.4 is 25.3 Å². The second kappa shape index (κ2) is 24.6. The van der Waals surface area contributed by atoms with Crippen LogP contribution in [-0.2, 0) is 35.1 Å². The molecule has 3 N–H and O–H groups in total. The number of pyridine rings is 1. The van der Waals surface area contributed by atoms with Crippen LogP contribution in [0, 0.1) is 20.2 Å². The highest BCUT2D eigenvalue weighted by Crippen LogP contribution is 2.30. The third-order valence-electron chi connectivity index (χ3n) is 10.3. The largest absolute Gasteiger partial charge is 0.481 e. The number of rotatable bonds is 10. The molecular formula is C49H65ClN16O8S. The monoisotopic (exact) mass is 1070 g/mol. The van der Waals surface area contributed by atoms with Crippen molar-refractivity contribution < 1.29 is 28.9 Å². The van der Waals surface area contributed by atoms with Crippen LogP contribution in [0.5, 0.6) is 17.6 Å². The second-order valence-corrected chi connectivity index (χ2v) is 22.3. The van der Waals surface area contributed by atoms with Crippen molar-refractivity contribution in [3.8, 4) is 17.6 Å². The lowest BCUT2D eigenvalue weighted by molar-refractivity contribution is -0.386. The Morgan fingerprint density at radius 2 is 1.16 bits per heavy atom. The summed E-state index contributed by atoms with van der Waals surface area (Å²) >= 11 is 7.17. The van der Waals surface area contributed by atoms with Crippen molar-refractivity contribution in [1.82, 2.24) is 64.7 Å². The molecule has 1 unspecified atom stereocenters. The zero-order chi connectivity index (χ0) is 56.4. The van der Waals surface area contributed by atoms with E-state index in [1.165, 1.54) is 24.6 Å². The van der Waals surface area contributed by atoms with Gasteiger partial charge in [0.05, 0.1) is 66.5 Å². The van der Waals surface area contributed by atoms with Gasteiger partial charge in [0.2, 0.25) is 16.9 Å². The zero-order valence-electron chi connectivity index (χ0n) is 45.3. The van der Waals surface area contributed by atoms with E-state index in [0.717, 1.165) is 44.3 Å². The summed E-state index contributed by atoms with van der Waals surface area (Å²) in [6.07, 6.45) is 11.3. The summed E-state index contributed by atoms with van der Waals surface area (Å²) in [5.41, 5.74) is 7.64. The van der Waals surface area contributed by atoms with Crippen molar-refractivity contribution in [2.75, 3.05) is 27.1 Å². The highest BCUT2D eigenvalue weighted by atomic mass is 35.5. The number of carbonyl (C=O) groups is 1. The molecule has 402 valence electrons. The Labute approximate surface area is 444 Å². The normalized spacial score (nSPS) is 11.9. The van der Waals surface area contributed by atoms with Crippen LogP contribution >= 0.6 is 22.9 Å². The predicted octanol–water partition coefficient (Wildman–Crippen LogP) is 8.99. The van der Waals surface area contributed by atoms with Gasteiger partial charge in [-0.25, -0.2) is 39.9 Å². The van der Waals surface area contributed by atoms with Crippen LogP contribution in [0.4, 0.5) is 17.1 Å². The number of nitro groups is 2. The van der Waals surface area contributed by atoms with E-state index < -0.39 is 9.85 Å². The maximum absolute atomic E-state index is 12.7. The molecule has 0 saturated carbocycles. The van der Waals surface area contributed by atoms with Gasteiger partial charge in [0, 0.05) is 58.0 Å². The van der Waals surface area contributed by atoms with Crippen molar-refractivity contribution in [2.45, 2.75) is 124 Å². The van der Waals surface area contributed by atoms with Gasteiger partial charge in [0.1, 0.15) is 52.6 Å². The topological polar surface area (TPSA) is 316 Å². The number of halogens is 1. The molecular weight excluding hydrogens is 1010 g/mol. The summed E-state index contributed by atoms with van der Waals surface area (Å²) in [6, 6.07) is 1.53. The number of carbonyl (C=O) groups excluding carboxylic acids is 1. The molecule has 7 aromatic heterocycles. The van der Waals surface area contributed by atoms with Gasteiger partial charge in [0.25, 0.3) is 11.8 Å². The highest BCUT2D eigenvalue weighted by molar-refractivity contribution is 7.11. The van der Waals surface area contributed by atoms with Crippen LogP contribution in [0.3, 0.4) is 0 Å². The number of thiazole rings is 1. The molecule has 0 radical (unpaired) electrons. The summed E-state index contributed by atoms with van der Waals surface area (Å²) in [5, 5.41) is 24.8. The molecule has 1 amide bonds. The Hall–Kier alpha value is -7.67.